The molecule has 3 saturated heterocycles. The summed E-state index contributed by atoms with van der Waals surface area (Å²) in [5.41, 5.74) is 2.08. The van der Waals surface area contributed by atoms with Crippen LogP contribution in [0.2, 0.25) is 0 Å². The van der Waals surface area contributed by atoms with E-state index in [1.807, 2.05) is 0 Å². The number of piperidine rings is 2. The Bertz CT molecular complexity index is 2250. The first-order chi connectivity index (χ1) is 33.7. The third-order valence-corrected chi connectivity index (χ3v) is 14.8. The summed E-state index contributed by atoms with van der Waals surface area (Å²) in [6.45, 7) is 8.37. The number of nitrogens with zero attached hydrogens (tertiary/aromatic N) is 5. The van der Waals surface area contributed by atoms with Gasteiger partial charge in [0.1, 0.15) is 17.7 Å². The number of hydrogen-bond donors (Lipinski definition) is 4. The van der Waals surface area contributed by atoms with E-state index in [2.05, 4.69) is 43.2 Å². The molecule has 16 heteroatoms. The molecule has 1 aromatic heterocycles. The van der Waals surface area contributed by atoms with Crippen molar-refractivity contribution in [2.45, 2.75) is 153 Å². The van der Waals surface area contributed by atoms with Crippen molar-refractivity contribution in [3.05, 3.63) is 47.3 Å². The molecule has 374 valence electrons. The van der Waals surface area contributed by atoms with Crippen LogP contribution in [0.4, 0.5) is 11.5 Å². The Labute approximate surface area is 407 Å². The van der Waals surface area contributed by atoms with Gasteiger partial charge in [0.2, 0.25) is 17.7 Å². The van der Waals surface area contributed by atoms with Gasteiger partial charge < -0.3 is 35.2 Å². The second-order valence-corrected chi connectivity index (χ2v) is 19.8. The Kier molecular flexibility index (Phi) is 18.1. The largest absolute Gasteiger partial charge is 0.493 e. The molecule has 5 heterocycles. The van der Waals surface area contributed by atoms with Crippen LogP contribution in [0.3, 0.4) is 0 Å². The highest BCUT2D eigenvalue weighted by Gasteiger charge is 2.45. The lowest BCUT2D eigenvalue weighted by atomic mass is 9.88. The average Bonchev–Trinajstić information content (AvgIpc) is 3.98. The predicted molar refractivity (Wildman–Crippen MR) is 267 cm³/mol. The number of methoxy groups -OCH3 is 1. The predicted octanol–water partition coefficient (Wildman–Crippen LogP) is 7.57. The maximum atomic E-state index is 13.3. The third kappa shape index (κ3) is 13.3. The van der Waals surface area contributed by atoms with Gasteiger partial charge in [0, 0.05) is 74.7 Å². The Morgan fingerprint density at radius 1 is 0.754 bits per heavy atom. The van der Waals surface area contributed by atoms with Crippen LogP contribution in [0.25, 0.3) is 10.9 Å². The molecule has 4 aliphatic heterocycles. The molecule has 1 unspecified atom stereocenters. The molecule has 69 heavy (non-hydrogen) atoms. The van der Waals surface area contributed by atoms with Crippen LogP contribution in [0.1, 0.15) is 167 Å². The van der Waals surface area contributed by atoms with Gasteiger partial charge in [-0.2, -0.15) is 0 Å². The number of anilines is 2. The Morgan fingerprint density at radius 3 is 2.23 bits per heavy atom. The van der Waals surface area contributed by atoms with Crippen molar-refractivity contribution < 1.29 is 33.4 Å². The Hall–Kier alpha value is -5.35. The first kappa shape index (κ1) is 50.1. The van der Waals surface area contributed by atoms with Gasteiger partial charge in [-0.15, -0.1) is 0 Å². The normalized spacial score (nSPS) is 19.6. The summed E-state index contributed by atoms with van der Waals surface area (Å²) in [5.74, 6) is 1.83. The van der Waals surface area contributed by atoms with E-state index in [1.165, 1.54) is 45.2 Å². The summed E-state index contributed by atoms with van der Waals surface area (Å²) >= 11 is 0. The molecule has 5 aliphatic rings. The topological polar surface area (TPSA) is 187 Å². The number of amides is 5. The Balaban J connectivity index is 0.685. The smallest absolute Gasteiger partial charge is 0.264 e. The summed E-state index contributed by atoms with van der Waals surface area (Å²) in [7, 11) is 1.71. The fourth-order valence-electron chi connectivity index (χ4n) is 10.8. The molecule has 5 amide bonds. The van der Waals surface area contributed by atoms with Gasteiger partial charge >= 0.3 is 0 Å². The zero-order chi connectivity index (χ0) is 48.0. The lowest BCUT2D eigenvalue weighted by Crippen LogP contribution is -2.54. The van der Waals surface area contributed by atoms with Gasteiger partial charge in [0.25, 0.3) is 11.8 Å². The lowest BCUT2D eigenvalue weighted by Gasteiger charge is -2.33. The molecule has 16 nitrogen and oxygen atoms in total. The van der Waals surface area contributed by atoms with Gasteiger partial charge in [-0.1, -0.05) is 57.4 Å². The molecule has 1 saturated carbocycles. The second kappa shape index (κ2) is 25.0. The second-order valence-electron chi connectivity index (χ2n) is 19.8. The Morgan fingerprint density at radius 2 is 1.48 bits per heavy atom. The maximum absolute atomic E-state index is 13.3. The molecule has 1 atom stereocenters. The van der Waals surface area contributed by atoms with Gasteiger partial charge in [0.15, 0.2) is 11.5 Å². The highest BCUT2D eigenvalue weighted by Crippen LogP contribution is 2.38. The minimum absolute atomic E-state index is 0.0906. The molecule has 0 radical (unpaired) electrons. The molecule has 4 fully saturated rings. The van der Waals surface area contributed by atoms with Crippen molar-refractivity contribution in [1.82, 2.24) is 35.3 Å². The van der Waals surface area contributed by atoms with Crippen LogP contribution < -0.4 is 30.7 Å². The molecule has 3 aromatic rings. The van der Waals surface area contributed by atoms with Crippen molar-refractivity contribution in [2.24, 2.45) is 0 Å². The van der Waals surface area contributed by atoms with Crippen molar-refractivity contribution in [1.29, 1.82) is 0 Å². The molecular formula is C53H75N9O7. The summed E-state index contributed by atoms with van der Waals surface area (Å²) in [5, 5.41) is 13.5. The molecule has 8 rings (SSSR count). The number of unbranched alkanes of at least 4 members (excludes halogenated alkanes) is 6. The van der Waals surface area contributed by atoms with Crippen LogP contribution in [0, 0.1) is 0 Å². The number of fused-ring (bicyclic) bond motifs is 2. The van der Waals surface area contributed by atoms with Gasteiger partial charge in [0.05, 0.1) is 30.4 Å². The van der Waals surface area contributed by atoms with Crippen LogP contribution in [-0.2, 0) is 14.4 Å². The number of carbonyl (C=O) groups is 5. The van der Waals surface area contributed by atoms with Crippen LogP contribution in [-0.4, -0.2) is 132 Å². The number of ether oxygens (including phenoxy) is 2. The number of rotatable bonds is 25. The number of carbonyl (C=O) groups excluding carboxylic acids is 5. The van der Waals surface area contributed by atoms with Crippen LogP contribution >= 0.6 is 0 Å². The number of likely N-dealkylation sites (tertiary alicyclic amines) is 2. The molecule has 0 spiro atoms. The summed E-state index contributed by atoms with van der Waals surface area (Å²) in [6, 6.07) is 8.58. The third-order valence-electron chi connectivity index (χ3n) is 14.8. The monoisotopic (exact) mass is 950 g/mol. The maximum Gasteiger partial charge on any atom is 0.264 e. The lowest BCUT2D eigenvalue weighted by molar-refractivity contribution is -0.136. The highest BCUT2D eigenvalue weighted by atomic mass is 16.5. The summed E-state index contributed by atoms with van der Waals surface area (Å²) < 4.78 is 12.2. The van der Waals surface area contributed by atoms with Crippen molar-refractivity contribution in [3.63, 3.8) is 0 Å². The van der Waals surface area contributed by atoms with E-state index in [0.29, 0.717) is 55.1 Å². The van der Waals surface area contributed by atoms with E-state index >= 15 is 0 Å². The zero-order valence-electron chi connectivity index (χ0n) is 40.9. The first-order valence-corrected chi connectivity index (χ1v) is 26.3. The number of hydrogen-bond acceptors (Lipinski definition) is 13. The summed E-state index contributed by atoms with van der Waals surface area (Å²) in [4.78, 5) is 79.5. The number of benzene rings is 2. The van der Waals surface area contributed by atoms with Crippen molar-refractivity contribution in [3.8, 4) is 11.5 Å². The standard InChI is InChI=1S/C53H75N9O7/c1-68-44-35-40-42(36-45(44)69-34-16-31-60-28-12-13-29-60)57-49(37-17-8-7-9-18-37)59-50(40)56-38-24-32-61(33-25-38)30-15-21-46(63)55-27-11-6-4-2-3-5-10-26-54-41-20-14-19-39-48(41)53(67)62(52(39)66)43-22-23-47(64)58-51(43)65/h14,19-20,35-38,43,54H,2-13,15-18,21-34H2,1H3,(H,55,63)(H,56,57,59)(H,58,64,65). The van der Waals surface area contributed by atoms with E-state index in [9.17, 15) is 24.0 Å². The fourth-order valence-corrected chi connectivity index (χ4v) is 10.8. The van der Waals surface area contributed by atoms with E-state index in [-0.39, 0.29) is 24.3 Å². The van der Waals surface area contributed by atoms with Crippen molar-refractivity contribution in [2.75, 3.05) is 76.7 Å². The zero-order valence-corrected chi connectivity index (χ0v) is 40.9. The summed E-state index contributed by atoms with van der Waals surface area (Å²) in [6.07, 6.45) is 20.6. The quantitative estimate of drug-likeness (QED) is 0.0482. The molecule has 1 aliphatic carbocycles. The van der Waals surface area contributed by atoms with Gasteiger partial charge in [-0.05, 0) is 108 Å². The van der Waals surface area contributed by atoms with Crippen LogP contribution in [0.15, 0.2) is 30.3 Å². The molecule has 4 N–H and O–H groups in total. The van der Waals surface area contributed by atoms with Crippen molar-refractivity contribution >= 4 is 51.9 Å². The van der Waals surface area contributed by atoms with E-state index in [0.717, 1.165) is 143 Å². The minimum Gasteiger partial charge on any atom is -0.493 e. The fraction of sp³-hybridized carbons (Fsp3) is 0.642. The van der Waals surface area contributed by atoms with E-state index in [1.54, 1.807) is 25.3 Å². The van der Waals surface area contributed by atoms with E-state index < -0.39 is 29.7 Å². The van der Waals surface area contributed by atoms with Crippen LogP contribution in [0.5, 0.6) is 11.5 Å². The SMILES string of the molecule is COc1cc2c(NC3CCN(CCCC(=O)NCCCCCCCCCNc4cccc5c4C(=O)N(C4CCC(=O)NC4=O)C5=O)CC3)nc(C3CCCCC3)nc2cc1OCCCN1CCCC1. The minimum atomic E-state index is -0.977. The highest BCUT2D eigenvalue weighted by molar-refractivity contribution is 6.25. The number of imide groups is 2. The van der Waals surface area contributed by atoms with Gasteiger partial charge in [-0.25, -0.2) is 9.97 Å². The molecular weight excluding hydrogens is 875 g/mol. The molecule has 2 aromatic carbocycles. The molecule has 0 bridgehead atoms. The first-order valence-electron chi connectivity index (χ1n) is 26.3. The van der Waals surface area contributed by atoms with Gasteiger partial charge in [-0.3, -0.25) is 34.2 Å². The number of nitrogens with one attached hydrogen (secondary N) is 4. The van der Waals surface area contributed by atoms with E-state index in [4.69, 9.17) is 19.4 Å². The number of aromatic nitrogens is 2. The average molecular weight is 950 g/mol.